The molecule has 1 aliphatic rings. The third kappa shape index (κ3) is 1.85. The molecule has 84 valence electrons. The number of hydrogen-bond donors (Lipinski definition) is 0. The third-order valence-electron chi connectivity index (χ3n) is 2.86. The maximum Gasteiger partial charge on any atom is 0.321 e. The summed E-state index contributed by atoms with van der Waals surface area (Å²) in [5, 5.41) is 0. The van der Waals surface area contributed by atoms with Gasteiger partial charge in [0.1, 0.15) is 0 Å². The molecule has 1 aromatic rings. The third-order valence-corrected chi connectivity index (χ3v) is 2.86. The van der Waals surface area contributed by atoms with Crippen LogP contribution in [0.15, 0.2) is 24.3 Å². The zero-order valence-corrected chi connectivity index (χ0v) is 9.40. The molecule has 0 spiro atoms. The Morgan fingerprint density at radius 2 is 1.94 bits per heavy atom. The van der Waals surface area contributed by atoms with E-state index in [-0.39, 0.29) is 6.42 Å². The highest BCUT2D eigenvalue weighted by Crippen LogP contribution is 2.32. The Hall–Kier alpha value is -1.64. The average Bonchev–Trinajstić information content (AvgIpc) is 2.57. The van der Waals surface area contributed by atoms with Gasteiger partial charge in [0.2, 0.25) is 0 Å². The van der Waals surface area contributed by atoms with Crippen molar-refractivity contribution < 1.29 is 14.3 Å². The van der Waals surface area contributed by atoms with E-state index >= 15 is 0 Å². The molecular formula is C13H14O3. The summed E-state index contributed by atoms with van der Waals surface area (Å²) in [7, 11) is 0. The van der Waals surface area contributed by atoms with Crippen molar-refractivity contribution in [1.82, 2.24) is 0 Å². The van der Waals surface area contributed by atoms with Crippen molar-refractivity contribution in [3.8, 4) is 0 Å². The summed E-state index contributed by atoms with van der Waals surface area (Å²) in [6.07, 6.45) is 0.169. The minimum atomic E-state index is -0.423. The Balaban J connectivity index is 2.40. The van der Waals surface area contributed by atoms with Crippen LogP contribution < -0.4 is 0 Å². The van der Waals surface area contributed by atoms with E-state index in [1.54, 1.807) is 0 Å². The first-order valence-corrected chi connectivity index (χ1v) is 5.43. The molecule has 1 fully saturated rings. The SMILES string of the molecule is CC(C)c1ccccc1C1CC(=O)OC1=O. The molecule has 0 N–H and O–H groups in total. The van der Waals surface area contributed by atoms with Crippen LogP contribution in [0.2, 0.25) is 0 Å². The van der Waals surface area contributed by atoms with E-state index in [1.165, 1.54) is 0 Å². The van der Waals surface area contributed by atoms with E-state index in [2.05, 4.69) is 18.6 Å². The van der Waals surface area contributed by atoms with Gasteiger partial charge >= 0.3 is 11.9 Å². The van der Waals surface area contributed by atoms with Crippen LogP contribution in [0.4, 0.5) is 0 Å². The highest BCUT2D eigenvalue weighted by atomic mass is 16.6. The molecule has 1 unspecified atom stereocenters. The van der Waals surface area contributed by atoms with Gasteiger partial charge < -0.3 is 4.74 Å². The van der Waals surface area contributed by atoms with Crippen LogP contribution in [0.5, 0.6) is 0 Å². The first-order valence-electron chi connectivity index (χ1n) is 5.43. The zero-order valence-electron chi connectivity index (χ0n) is 9.40. The van der Waals surface area contributed by atoms with E-state index in [0.717, 1.165) is 11.1 Å². The van der Waals surface area contributed by atoms with Crippen molar-refractivity contribution in [1.29, 1.82) is 0 Å². The first-order chi connectivity index (χ1) is 7.59. The lowest BCUT2D eigenvalue weighted by molar-refractivity contribution is -0.152. The molecule has 0 bridgehead atoms. The van der Waals surface area contributed by atoms with Crippen molar-refractivity contribution in [2.75, 3.05) is 0 Å². The summed E-state index contributed by atoms with van der Waals surface area (Å²) in [5.41, 5.74) is 2.03. The molecule has 1 heterocycles. The highest BCUT2D eigenvalue weighted by Gasteiger charge is 2.35. The Kier molecular flexibility index (Phi) is 2.77. The molecule has 1 aromatic carbocycles. The summed E-state index contributed by atoms with van der Waals surface area (Å²) < 4.78 is 4.59. The van der Waals surface area contributed by atoms with Crippen molar-refractivity contribution in [2.45, 2.75) is 32.1 Å². The summed E-state index contributed by atoms with van der Waals surface area (Å²) in [6, 6.07) is 7.73. The van der Waals surface area contributed by atoms with Crippen molar-refractivity contribution >= 4 is 11.9 Å². The number of benzene rings is 1. The number of cyclic esters (lactones) is 2. The summed E-state index contributed by atoms with van der Waals surface area (Å²) >= 11 is 0. The molecule has 0 aliphatic carbocycles. The molecule has 2 rings (SSSR count). The molecule has 0 saturated carbocycles. The fourth-order valence-corrected chi connectivity index (χ4v) is 2.07. The number of carbonyl (C=O) groups excluding carboxylic acids is 2. The normalized spacial score (nSPS) is 20.3. The smallest absolute Gasteiger partial charge is 0.321 e. The fraction of sp³-hybridized carbons (Fsp3) is 0.385. The van der Waals surface area contributed by atoms with Crippen molar-refractivity contribution in [3.63, 3.8) is 0 Å². The van der Waals surface area contributed by atoms with Gasteiger partial charge in [0.25, 0.3) is 0 Å². The second kappa shape index (κ2) is 4.08. The lowest BCUT2D eigenvalue weighted by Gasteiger charge is -2.14. The number of hydrogen-bond acceptors (Lipinski definition) is 3. The van der Waals surface area contributed by atoms with Crippen LogP contribution in [0, 0.1) is 0 Å². The molecule has 1 saturated heterocycles. The molecule has 0 aromatic heterocycles. The monoisotopic (exact) mass is 218 g/mol. The van der Waals surface area contributed by atoms with Crippen LogP contribution >= 0.6 is 0 Å². The molecular weight excluding hydrogens is 204 g/mol. The van der Waals surface area contributed by atoms with Gasteiger partial charge in [0.05, 0.1) is 12.3 Å². The Morgan fingerprint density at radius 3 is 2.50 bits per heavy atom. The number of esters is 2. The van der Waals surface area contributed by atoms with Gasteiger partial charge in [-0.05, 0) is 17.0 Å². The second-order valence-electron chi connectivity index (χ2n) is 4.33. The molecule has 3 heteroatoms. The van der Waals surface area contributed by atoms with E-state index < -0.39 is 17.9 Å². The molecule has 1 atom stereocenters. The fourth-order valence-electron chi connectivity index (χ4n) is 2.07. The number of ether oxygens (including phenoxy) is 1. The summed E-state index contributed by atoms with van der Waals surface area (Å²) in [6.45, 7) is 4.14. The molecule has 16 heavy (non-hydrogen) atoms. The Labute approximate surface area is 94.4 Å². The van der Waals surface area contributed by atoms with Gasteiger partial charge in [-0.2, -0.15) is 0 Å². The molecule has 3 nitrogen and oxygen atoms in total. The highest BCUT2D eigenvalue weighted by molar-refractivity contribution is 5.98. The van der Waals surface area contributed by atoms with Crippen LogP contribution in [-0.4, -0.2) is 11.9 Å². The largest absolute Gasteiger partial charge is 0.393 e. The Bertz CT molecular complexity index is 435. The van der Waals surface area contributed by atoms with E-state index in [9.17, 15) is 9.59 Å². The maximum absolute atomic E-state index is 11.5. The van der Waals surface area contributed by atoms with Gasteiger partial charge in [-0.1, -0.05) is 38.1 Å². The standard InChI is InChI=1S/C13H14O3/c1-8(2)9-5-3-4-6-10(9)11-7-12(14)16-13(11)15/h3-6,8,11H,7H2,1-2H3. The topological polar surface area (TPSA) is 43.4 Å². The maximum atomic E-state index is 11.5. The van der Waals surface area contributed by atoms with Gasteiger partial charge in [0, 0.05) is 0 Å². The quantitative estimate of drug-likeness (QED) is 0.565. The Morgan fingerprint density at radius 1 is 1.25 bits per heavy atom. The number of rotatable bonds is 2. The molecule has 0 radical (unpaired) electrons. The van der Waals surface area contributed by atoms with Crippen LogP contribution in [-0.2, 0) is 14.3 Å². The zero-order chi connectivity index (χ0) is 11.7. The lowest BCUT2D eigenvalue weighted by atomic mass is 9.88. The average molecular weight is 218 g/mol. The minimum Gasteiger partial charge on any atom is -0.393 e. The minimum absolute atomic E-state index is 0.169. The van der Waals surface area contributed by atoms with Crippen LogP contribution in [0.1, 0.15) is 43.2 Å². The summed E-state index contributed by atoms with van der Waals surface area (Å²) in [4.78, 5) is 22.6. The van der Waals surface area contributed by atoms with Crippen molar-refractivity contribution in [3.05, 3.63) is 35.4 Å². The molecule has 0 amide bonds. The lowest BCUT2D eigenvalue weighted by Crippen LogP contribution is -2.09. The van der Waals surface area contributed by atoms with E-state index in [1.807, 2.05) is 24.3 Å². The van der Waals surface area contributed by atoms with Gasteiger partial charge in [-0.15, -0.1) is 0 Å². The van der Waals surface area contributed by atoms with E-state index in [0.29, 0.717) is 5.92 Å². The van der Waals surface area contributed by atoms with Crippen LogP contribution in [0.25, 0.3) is 0 Å². The second-order valence-corrected chi connectivity index (χ2v) is 4.33. The van der Waals surface area contributed by atoms with Gasteiger partial charge in [0.15, 0.2) is 0 Å². The predicted octanol–water partition coefficient (Wildman–Crippen LogP) is 2.37. The van der Waals surface area contributed by atoms with Gasteiger partial charge in [-0.25, -0.2) is 0 Å². The van der Waals surface area contributed by atoms with Crippen molar-refractivity contribution in [2.24, 2.45) is 0 Å². The van der Waals surface area contributed by atoms with E-state index in [4.69, 9.17) is 0 Å². The summed E-state index contributed by atoms with van der Waals surface area (Å²) in [5.74, 6) is -0.919. The predicted molar refractivity (Wildman–Crippen MR) is 59.0 cm³/mol. The van der Waals surface area contributed by atoms with Gasteiger partial charge in [-0.3, -0.25) is 9.59 Å². The molecule has 1 aliphatic heterocycles. The van der Waals surface area contributed by atoms with Crippen LogP contribution in [0.3, 0.4) is 0 Å². The number of carbonyl (C=O) groups is 2. The first kappa shape index (κ1) is 10.9.